The molecule has 2 fully saturated rings. The van der Waals surface area contributed by atoms with Gasteiger partial charge in [0, 0.05) is 38.3 Å². The van der Waals surface area contributed by atoms with Crippen molar-refractivity contribution >= 4 is 17.5 Å². The third-order valence-electron chi connectivity index (χ3n) is 6.77. The Hall–Kier alpha value is -3.31. The van der Waals surface area contributed by atoms with Crippen molar-refractivity contribution in [3.63, 3.8) is 0 Å². The molecular weight excluding hydrogens is 476 g/mol. The van der Waals surface area contributed by atoms with Crippen molar-refractivity contribution in [3.8, 4) is 23.1 Å². The van der Waals surface area contributed by atoms with E-state index in [1.165, 1.54) is 0 Å². The van der Waals surface area contributed by atoms with Gasteiger partial charge in [-0.05, 0) is 67.9 Å². The molecule has 2 aromatic carbocycles. The second-order valence-electron chi connectivity index (χ2n) is 9.22. The maximum absolute atomic E-state index is 13.0. The fourth-order valence-electron chi connectivity index (χ4n) is 4.75. The summed E-state index contributed by atoms with van der Waals surface area (Å²) < 4.78 is 11.9. The number of nitriles is 1. The topological polar surface area (TPSA) is 81.7 Å². The number of halogens is 1. The van der Waals surface area contributed by atoms with E-state index in [9.17, 15) is 10.1 Å². The molecule has 7 nitrogen and oxygen atoms in total. The molecule has 0 spiro atoms. The first kappa shape index (κ1) is 24.4. The van der Waals surface area contributed by atoms with Crippen LogP contribution < -0.4 is 10.1 Å². The fraction of sp³-hybridized carbons (Fsp3) is 0.357. The molecule has 0 bridgehead atoms. The first-order valence-corrected chi connectivity index (χ1v) is 12.8. The van der Waals surface area contributed by atoms with Crippen molar-refractivity contribution in [2.45, 2.75) is 25.5 Å². The van der Waals surface area contributed by atoms with E-state index in [-0.39, 0.29) is 12.0 Å². The lowest BCUT2D eigenvalue weighted by atomic mass is 10.1. The molecule has 0 atom stereocenters. The molecule has 36 heavy (non-hydrogen) atoms. The van der Waals surface area contributed by atoms with Crippen LogP contribution in [0.4, 0.5) is 0 Å². The lowest BCUT2D eigenvalue weighted by Gasteiger charge is -2.34. The minimum absolute atomic E-state index is 0.127. The van der Waals surface area contributed by atoms with Gasteiger partial charge in [-0.2, -0.15) is 5.26 Å². The van der Waals surface area contributed by atoms with Crippen LogP contribution in [0.15, 0.2) is 59.0 Å². The third kappa shape index (κ3) is 5.57. The second kappa shape index (κ2) is 11.2. The maximum Gasteiger partial charge on any atom is 0.289 e. The Morgan fingerprint density at radius 3 is 2.61 bits per heavy atom. The first-order chi connectivity index (χ1) is 17.6. The lowest BCUT2D eigenvalue weighted by Crippen LogP contribution is -2.48. The summed E-state index contributed by atoms with van der Waals surface area (Å²) in [7, 11) is 0. The number of carbonyl (C=O) groups excluding carboxylic acids is 1. The Balaban J connectivity index is 1.15. The monoisotopic (exact) mass is 504 g/mol. The van der Waals surface area contributed by atoms with E-state index in [1.807, 2.05) is 35.2 Å². The molecule has 2 aliphatic rings. The van der Waals surface area contributed by atoms with Gasteiger partial charge in [-0.1, -0.05) is 29.8 Å². The number of furan rings is 1. The quantitative estimate of drug-likeness (QED) is 0.530. The van der Waals surface area contributed by atoms with Gasteiger partial charge in [-0.25, -0.2) is 0 Å². The normalized spacial score (nSPS) is 17.1. The van der Waals surface area contributed by atoms with Gasteiger partial charge in [0.1, 0.15) is 17.6 Å². The average molecular weight is 505 g/mol. The zero-order valence-corrected chi connectivity index (χ0v) is 20.8. The molecule has 0 saturated carbocycles. The smallest absolute Gasteiger partial charge is 0.289 e. The largest absolute Gasteiger partial charge is 0.489 e. The predicted molar refractivity (Wildman–Crippen MR) is 138 cm³/mol. The summed E-state index contributed by atoms with van der Waals surface area (Å²) in [6.45, 7) is 5.49. The molecular formula is C28H29ClN4O3. The zero-order chi connectivity index (χ0) is 24.9. The van der Waals surface area contributed by atoms with E-state index in [2.05, 4.69) is 22.4 Å². The molecule has 186 valence electrons. The highest BCUT2D eigenvalue weighted by atomic mass is 35.5. The van der Waals surface area contributed by atoms with Crippen molar-refractivity contribution in [1.29, 1.82) is 5.26 Å². The van der Waals surface area contributed by atoms with Gasteiger partial charge in [0.05, 0.1) is 16.7 Å². The van der Waals surface area contributed by atoms with E-state index >= 15 is 0 Å². The van der Waals surface area contributed by atoms with Crippen molar-refractivity contribution in [3.05, 3.63) is 76.5 Å². The number of nitrogens with one attached hydrogen (secondary N) is 1. The molecule has 0 unspecified atom stereocenters. The Labute approximate surface area is 216 Å². The fourth-order valence-corrected chi connectivity index (χ4v) is 4.99. The number of hydrogen-bond acceptors (Lipinski definition) is 6. The molecule has 3 aromatic rings. The van der Waals surface area contributed by atoms with E-state index in [4.69, 9.17) is 20.8 Å². The molecule has 3 heterocycles. The Kier molecular flexibility index (Phi) is 7.57. The lowest BCUT2D eigenvalue weighted by molar-refractivity contribution is 0.0598. The highest BCUT2D eigenvalue weighted by Crippen LogP contribution is 2.29. The summed E-state index contributed by atoms with van der Waals surface area (Å²) in [5.74, 6) is 1.44. The van der Waals surface area contributed by atoms with Crippen LogP contribution in [0.1, 0.15) is 34.5 Å². The Morgan fingerprint density at radius 1 is 1.08 bits per heavy atom. The van der Waals surface area contributed by atoms with Gasteiger partial charge in [-0.3, -0.25) is 9.69 Å². The number of ether oxygens (including phenoxy) is 1. The molecule has 1 amide bonds. The molecule has 0 radical (unpaired) electrons. The number of benzene rings is 2. The minimum Gasteiger partial charge on any atom is -0.489 e. The standard InChI is InChI=1S/C28H29ClN4O3/c29-24-17-20(5-6-26(24)35-22-9-11-31-12-10-22)19-32-13-15-33(16-14-32)28(34)27-8-7-25(36-27)23-4-2-1-3-21(23)18-30/h1-8,17,22,31H,9-16,19H2. The number of piperazine rings is 1. The third-order valence-corrected chi connectivity index (χ3v) is 7.07. The summed E-state index contributed by atoms with van der Waals surface area (Å²) in [6, 6.07) is 18.9. The maximum atomic E-state index is 13.0. The van der Waals surface area contributed by atoms with Gasteiger partial charge in [0.25, 0.3) is 5.91 Å². The van der Waals surface area contributed by atoms with Crippen molar-refractivity contribution in [2.24, 2.45) is 0 Å². The Morgan fingerprint density at radius 2 is 1.86 bits per heavy atom. The van der Waals surface area contributed by atoms with Crippen LogP contribution >= 0.6 is 11.6 Å². The first-order valence-electron chi connectivity index (χ1n) is 12.4. The average Bonchev–Trinajstić information content (AvgIpc) is 3.41. The van der Waals surface area contributed by atoms with Gasteiger partial charge in [0.15, 0.2) is 5.76 Å². The van der Waals surface area contributed by atoms with Gasteiger partial charge < -0.3 is 19.4 Å². The highest BCUT2D eigenvalue weighted by Gasteiger charge is 2.25. The molecule has 1 N–H and O–H groups in total. The van der Waals surface area contributed by atoms with Crippen LogP contribution in [0, 0.1) is 11.3 Å². The second-order valence-corrected chi connectivity index (χ2v) is 9.63. The van der Waals surface area contributed by atoms with Crippen LogP contribution in [0.25, 0.3) is 11.3 Å². The van der Waals surface area contributed by atoms with Crippen LogP contribution in [-0.2, 0) is 6.54 Å². The number of piperidine rings is 1. The summed E-state index contributed by atoms with van der Waals surface area (Å²) in [5.41, 5.74) is 2.34. The van der Waals surface area contributed by atoms with Gasteiger partial charge >= 0.3 is 0 Å². The van der Waals surface area contributed by atoms with Gasteiger partial charge in [-0.15, -0.1) is 0 Å². The van der Waals surface area contributed by atoms with E-state index in [0.29, 0.717) is 40.8 Å². The number of rotatable bonds is 6. The molecule has 8 heteroatoms. The van der Waals surface area contributed by atoms with Gasteiger partial charge in [0.2, 0.25) is 0 Å². The molecule has 2 aliphatic heterocycles. The number of nitrogens with zero attached hydrogens (tertiary/aromatic N) is 3. The van der Waals surface area contributed by atoms with Crippen LogP contribution in [0.2, 0.25) is 5.02 Å². The highest BCUT2D eigenvalue weighted by molar-refractivity contribution is 6.32. The number of hydrogen-bond donors (Lipinski definition) is 1. The molecule has 0 aliphatic carbocycles. The summed E-state index contributed by atoms with van der Waals surface area (Å²) >= 11 is 6.52. The summed E-state index contributed by atoms with van der Waals surface area (Å²) in [4.78, 5) is 17.2. The predicted octanol–water partition coefficient (Wildman–Crippen LogP) is 4.56. The van der Waals surface area contributed by atoms with E-state index in [1.54, 1.807) is 18.2 Å². The Bertz CT molecular complexity index is 1250. The zero-order valence-electron chi connectivity index (χ0n) is 20.1. The van der Waals surface area contributed by atoms with Crippen molar-refractivity contribution in [2.75, 3.05) is 39.3 Å². The number of amides is 1. The van der Waals surface area contributed by atoms with Crippen LogP contribution in [-0.4, -0.2) is 61.1 Å². The van der Waals surface area contributed by atoms with Crippen LogP contribution in [0.5, 0.6) is 5.75 Å². The van der Waals surface area contributed by atoms with Crippen LogP contribution in [0.3, 0.4) is 0 Å². The summed E-state index contributed by atoms with van der Waals surface area (Å²) in [5, 5.41) is 13.3. The van der Waals surface area contributed by atoms with E-state index < -0.39 is 0 Å². The summed E-state index contributed by atoms with van der Waals surface area (Å²) in [6.07, 6.45) is 2.20. The SMILES string of the molecule is N#Cc1ccccc1-c1ccc(C(=O)N2CCN(Cc3ccc(OC4CCNCC4)c(Cl)c3)CC2)o1. The van der Waals surface area contributed by atoms with Crippen molar-refractivity contribution in [1.82, 2.24) is 15.1 Å². The molecule has 2 saturated heterocycles. The molecule has 1 aromatic heterocycles. The van der Waals surface area contributed by atoms with Crippen molar-refractivity contribution < 1.29 is 13.9 Å². The molecule has 5 rings (SSSR count). The van der Waals surface area contributed by atoms with E-state index in [0.717, 1.165) is 56.9 Å². The number of carbonyl (C=O) groups is 1. The minimum atomic E-state index is -0.127.